The Morgan fingerprint density at radius 1 is 1.59 bits per heavy atom. The number of hydrogen-bond donors (Lipinski definition) is 1. The Labute approximate surface area is 105 Å². The lowest BCUT2D eigenvalue weighted by Gasteiger charge is -2.31. The Hall–Kier alpha value is -0.630. The van der Waals surface area contributed by atoms with Crippen LogP contribution in [0.1, 0.15) is 33.1 Å². The highest BCUT2D eigenvalue weighted by Gasteiger charge is 2.34. The summed E-state index contributed by atoms with van der Waals surface area (Å²) in [5, 5.41) is 12.8. The van der Waals surface area contributed by atoms with E-state index in [1.54, 1.807) is 7.11 Å². The van der Waals surface area contributed by atoms with E-state index in [0.29, 0.717) is 12.1 Å². The van der Waals surface area contributed by atoms with Crippen molar-refractivity contribution in [2.45, 2.75) is 50.7 Å². The Morgan fingerprint density at radius 3 is 2.71 bits per heavy atom. The molecule has 0 aromatic heterocycles. The van der Waals surface area contributed by atoms with Crippen molar-refractivity contribution in [3.63, 3.8) is 0 Å². The summed E-state index contributed by atoms with van der Waals surface area (Å²) in [6.07, 6.45) is 3.27. The van der Waals surface area contributed by atoms with E-state index in [1.165, 1.54) is 12.8 Å². The molecular weight excluding hydrogens is 214 g/mol. The van der Waals surface area contributed by atoms with Crippen LogP contribution in [-0.2, 0) is 4.74 Å². The average Bonchev–Trinajstić information content (AvgIpc) is 3.09. The number of hydrogen-bond acceptors (Lipinski definition) is 4. The van der Waals surface area contributed by atoms with Gasteiger partial charge in [0.15, 0.2) is 0 Å². The van der Waals surface area contributed by atoms with Gasteiger partial charge in [0.25, 0.3) is 0 Å². The summed E-state index contributed by atoms with van der Waals surface area (Å²) in [7, 11) is 3.80. The van der Waals surface area contributed by atoms with E-state index < -0.39 is 5.54 Å². The summed E-state index contributed by atoms with van der Waals surface area (Å²) in [5.41, 5.74) is -0.401. The van der Waals surface area contributed by atoms with Crippen LogP contribution >= 0.6 is 0 Å². The normalized spacial score (nSPS) is 20.9. The summed E-state index contributed by atoms with van der Waals surface area (Å²) in [5.74, 6) is 0. The zero-order chi connectivity index (χ0) is 12.9. The molecule has 0 aliphatic heterocycles. The minimum Gasteiger partial charge on any atom is -0.383 e. The van der Waals surface area contributed by atoms with Crippen molar-refractivity contribution in [1.29, 1.82) is 5.26 Å². The first-order valence-corrected chi connectivity index (χ1v) is 6.39. The molecule has 0 heterocycles. The van der Waals surface area contributed by atoms with Crippen molar-refractivity contribution in [2.24, 2.45) is 0 Å². The fraction of sp³-hybridized carbons (Fsp3) is 0.923. The molecule has 1 rings (SSSR count). The fourth-order valence-electron chi connectivity index (χ4n) is 2.02. The maximum Gasteiger partial charge on any atom is 0.105 e. The molecule has 0 radical (unpaired) electrons. The van der Waals surface area contributed by atoms with Gasteiger partial charge in [-0.3, -0.25) is 5.32 Å². The molecule has 0 saturated heterocycles. The number of nitriles is 1. The maximum absolute atomic E-state index is 9.31. The lowest BCUT2D eigenvalue weighted by atomic mass is 9.94. The van der Waals surface area contributed by atoms with Crippen LogP contribution in [0.25, 0.3) is 0 Å². The smallest absolute Gasteiger partial charge is 0.105 e. The number of nitrogens with one attached hydrogen (secondary N) is 1. The van der Waals surface area contributed by atoms with Gasteiger partial charge in [0.05, 0.1) is 12.7 Å². The zero-order valence-corrected chi connectivity index (χ0v) is 11.5. The van der Waals surface area contributed by atoms with Gasteiger partial charge in [-0.2, -0.15) is 5.26 Å². The standard InChI is InChI=1S/C13H25N3O/c1-11(16(3)7-8-17-4)9-13(2,10-14)15-12-5-6-12/h11-12,15H,5-9H2,1-4H3. The molecule has 0 bridgehead atoms. The van der Waals surface area contributed by atoms with Crippen LogP contribution in [0.2, 0.25) is 0 Å². The van der Waals surface area contributed by atoms with Gasteiger partial charge in [-0.05, 0) is 40.2 Å². The number of likely N-dealkylation sites (N-methyl/N-ethyl adjacent to an activating group) is 1. The van der Waals surface area contributed by atoms with Crippen molar-refractivity contribution >= 4 is 0 Å². The van der Waals surface area contributed by atoms with Gasteiger partial charge in [-0.25, -0.2) is 0 Å². The summed E-state index contributed by atoms with van der Waals surface area (Å²) in [4.78, 5) is 2.24. The molecule has 2 unspecified atom stereocenters. The Morgan fingerprint density at radius 2 is 2.24 bits per heavy atom. The zero-order valence-electron chi connectivity index (χ0n) is 11.5. The average molecular weight is 239 g/mol. The molecule has 4 heteroatoms. The number of nitrogens with zero attached hydrogens (tertiary/aromatic N) is 2. The molecule has 0 aromatic carbocycles. The van der Waals surface area contributed by atoms with Gasteiger partial charge < -0.3 is 9.64 Å². The largest absolute Gasteiger partial charge is 0.383 e. The van der Waals surface area contributed by atoms with E-state index in [0.717, 1.165) is 19.6 Å². The molecular formula is C13H25N3O. The third-order valence-electron chi connectivity index (χ3n) is 3.45. The maximum atomic E-state index is 9.31. The van der Waals surface area contributed by atoms with Gasteiger partial charge in [-0.1, -0.05) is 0 Å². The second-order valence-electron chi connectivity index (χ2n) is 5.39. The Bertz CT molecular complexity index is 272. The molecule has 1 aliphatic rings. The Balaban J connectivity index is 2.40. The Kier molecular flexibility index (Phi) is 5.38. The molecule has 4 nitrogen and oxygen atoms in total. The predicted octanol–water partition coefficient (Wildman–Crippen LogP) is 1.38. The van der Waals surface area contributed by atoms with Gasteiger partial charge in [-0.15, -0.1) is 0 Å². The lowest BCUT2D eigenvalue weighted by Crippen LogP contribution is -2.47. The topological polar surface area (TPSA) is 48.3 Å². The van der Waals surface area contributed by atoms with E-state index in [2.05, 4.69) is 30.3 Å². The van der Waals surface area contributed by atoms with Gasteiger partial charge >= 0.3 is 0 Å². The predicted molar refractivity (Wildman–Crippen MR) is 68.8 cm³/mol. The molecule has 1 fully saturated rings. The first-order valence-electron chi connectivity index (χ1n) is 6.39. The van der Waals surface area contributed by atoms with E-state index in [9.17, 15) is 5.26 Å². The molecule has 1 N–H and O–H groups in total. The first kappa shape index (κ1) is 14.4. The van der Waals surface area contributed by atoms with Gasteiger partial charge in [0.1, 0.15) is 5.54 Å². The van der Waals surface area contributed by atoms with Crippen LogP contribution in [0, 0.1) is 11.3 Å². The van der Waals surface area contributed by atoms with Crippen molar-refractivity contribution in [3.8, 4) is 6.07 Å². The summed E-state index contributed by atoms with van der Waals surface area (Å²) < 4.78 is 5.07. The number of rotatable bonds is 8. The van der Waals surface area contributed by atoms with Crippen LogP contribution in [0.15, 0.2) is 0 Å². The van der Waals surface area contributed by atoms with Crippen molar-refractivity contribution in [1.82, 2.24) is 10.2 Å². The first-order chi connectivity index (χ1) is 8.00. The van der Waals surface area contributed by atoms with Gasteiger partial charge in [0, 0.05) is 25.7 Å². The minimum absolute atomic E-state index is 0.376. The third kappa shape index (κ3) is 5.03. The molecule has 1 aliphatic carbocycles. The van der Waals surface area contributed by atoms with E-state index in [-0.39, 0.29) is 0 Å². The summed E-state index contributed by atoms with van der Waals surface area (Å²) in [6, 6.07) is 3.36. The second-order valence-corrected chi connectivity index (χ2v) is 5.39. The molecule has 0 spiro atoms. The minimum atomic E-state index is -0.401. The fourth-order valence-corrected chi connectivity index (χ4v) is 2.02. The molecule has 0 aromatic rings. The quantitative estimate of drug-likeness (QED) is 0.695. The van der Waals surface area contributed by atoms with Crippen molar-refractivity contribution in [2.75, 3.05) is 27.3 Å². The van der Waals surface area contributed by atoms with Crippen molar-refractivity contribution in [3.05, 3.63) is 0 Å². The van der Waals surface area contributed by atoms with E-state index in [4.69, 9.17) is 4.74 Å². The van der Waals surface area contributed by atoms with Crippen LogP contribution in [0.5, 0.6) is 0 Å². The van der Waals surface area contributed by atoms with E-state index in [1.807, 2.05) is 6.92 Å². The second kappa shape index (κ2) is 6.34. The van der Waals surface area contributed by atoms with Crippen molar-refractivity contribution < 1.29 is 4.74 Å². The summed E-state index contributed by atoms with van der Waals surface area (Å²) >= 11 is 0. The summed E-state index contributed by atoms with van der Waals surface area (Å²) in [6.45, 7) is 5.81. The van der Waals surface area contributed by atoms with E-state index >= 15 is 0 Å². The van der Waals surface area contributed by atoms with Crippen LogP contribution in [-0.4, -0.2) is 49.8 Å². The van der Waals surface area contributed by atoms with Crippen LogP contribution in [0.4, 0.5) is 0 Å². The molecule has 1 saturated carbocycles. The third-order valence-corrected chi connectivity index (χ3v) is 3.45. The van der Waals surface area contributed by atoms with Crippen LogP contribution in [0.3, 0.4) is 0 Å². The highest BCUT2D eigenvalue weighted by atomic mass is 16.5. The van der Waals surface area contributed by atoms with Crippen LogP contribution < -0.4 is 5.32 Å². The highest BCUT2D eigenvalue weighted by Crippen LogP contribution is 2.25. The highest BCUT2D eigenvalue weighted by molar-refractivity contribution is 5.08. The molecule has 17 heavy (non-hydrogen) atoms. The molecule has 98 valence electrons. The molecule has 0 amide bonds. The van der Waals surface area contributed by atoms with Gasteiger partial charge in [0.2, 0.25) is 0 Å². The lowest BCUT2D eigenvalue weighted by molar-refractivity contribution is 0.132. The monoisotopic (exact) mass is 239 g/mol. The molecule has 2 atom stereocenters. The SMILES string of the molecule is COCCN(C)C(C)CC(C)(C#N)NC1CC1. The number of ether oxygens (including phenoxy) is 1. The number of methoxy groups -OCH3 is 1.